The molecule has 1 atom stereocenters. The van der Waals surface area contributed by atoms with Gasteiger partial charge in [-0.15, -0.1) is 22.7 Å². The number of aryl methyl sites for hydroxylation is 1. The molecule has 0 aliphatic heterocycles. The van der Waals surface area contributed by atoms with Gasteiger partial charge in [0, 0.05) is 20.8 Å². The van der Waals surface area contributed by atoms with Crippen LogP contribution in [0, 0.1) is 6.92 Å². The lowest BCUT2D eigenvalue weighted by Gasteiger charge is -1.99. The molecule has 2 nitrogen and oxygen atoms in total. The molecule has 0 bridgehead atoms. The highest BCUT2D eigenvalue weighted by Crippen LogP contribution is 2.35. The quantitative estimate of drug-likeness (QED) is 0.912. The van der Waals surface area contributed by atoms with Gasteiger partial charge in [0.05, 0.1) is 10.6 Å². The molecular weight excluding hydrogens is 292 g/mol. The molecule has 0 radical (unpaired) electrons. The smallest absolute Gasteiger partial charge is 0.133 e. The third-order valence-corrected chi connectivity index (χ3v) is 5.24. The van der Waals surface area contributed by atoms with Crippen LogP contribution in [0.15, 0.2) is 15.9 Å². The summed E-state index contributed by atoms with van der Waals surface area (Å²) in [5.41, 5.74) is 6.93. The van der Waals surface area contributed by atoms with Crippen LogP contribution >= 0.6 is 38.6 Å². The zero-order chi connectivity index (χ0) is 11.0. The Bertz CT molecular complexity index is 473. The average Bonchev–Trinajstić information content (AvgIpc) is 2.71. The molecule has 0 aliphatic rings. The van der Waals surface area contributed by atoms with Gasteiger partial charge in [0.2, 0.25) is 0 Å². The lowest BCUT2D eigenvalue weighted by atomic mass is 10.2. The van der Waals surface area contributed by atoms with Crippen molar-refractivity contribution in [3.63, 3.8) is 0 Å². The second-order valence-electron chi connectivity index (χ2n) is 3.39. The zero-order valence-electron chi connectivity index (χ0n) is 8.45. The number of rotatable bonds is 2. The molecule has 0 spiro atoms. The van der Waals surface area contributed by atoms with Gasteiger partial charge in [0.25, 0.3) is 0 Å². The van der Waals surface area contributed by atoms with Gasteiger partial charge in [0.1, 0.15) is 5.01 Å². The van der Waals surface area contributed by atoms with Gasteiger partial charge in [-0.1, -0.05) is 0 Å². The van der Waals surface area contributed by atoms with E-state index in [1.807, 2.05) is 13.8 Å². The number of nitrogens with zero attached hydrogens (tertiary/aromatic N) is 1. The monoisotopic (exact) mass is 302 g/mol. The van der Waals surface area contributed by atoms with Gasteiger partial charge < -0.3 is 5.73 Å². The van der Waals surface area contributed by atoms with Crippen LogP contribution < -0.4 is 5.73 Å². The summed E-state index contributed by atoms with van der Waals surface area (Å²) in [5.74, 6) is 0. The molecule has 1 unspecified atom stereocenters. The minimum atomic E-state index is 0.0691. The topological polar surface area (TPSA) is 38.9 Å². The first kappa shape index (κ1) is 11.3. The van der Waals surface area contributed by atoms with Crippen molar-refractivity contribution >= 4 is 38.6 Å². The van der Waals surface area contributed by atoms with Gasteiger partial charge in [-0.05, 0) is 35.8 Å². The number of hydrogen-bond acceptors (Lipinski definition) is 4. The Hall–Kier alpha value is -0.230. The van der Waals surface area contributed by atoms with E-state index in [1.165, 1.54) is 9.75 Å². The number of thiazole rings is 1. The minimum Gasteiger partial charge on any atom is -0.323 e. The Morgan fingerprint density at radius 3 is 2.73 bits per heavy atom. The Morgan fingerprint density at radius 2 is 2.27 bits per heavy atom. The van der Waals surface area contributed by atoms with E-state index < -0.39 is 0 Å². The summed E-state index contributed by atoms with van der Waals surface area (Å²) < 4.78 is 1.11. The molecule has 2 aromatic rings. The fourth-order valence-electron chi connectivity index (χ4n) is 1.36. The zero-order valence-corrected chi connectivity index (χ0v) is 11.7. The second-order valence-corrected chi connectivity index (χ2v) is 6.24. The van der Waals surface area contributed by atoms with Crippen molar-refractivity contribution in [3.8, 4) is 9.88 Å². The number of thiophene rings is 1. The minimum absolute atomic E-state index is 0.0691. The first-order valence-corrected chi connectivity index (χ1v) is 7.04. The number of nitrogens with two attached hydrogens (primary N) is 1. The normalized spacial score (nSPS) is 13.1. The van der Waals surface area contributed by atoms with Crippen LogP contribution in [-0.4, -0.2) is 4.98 Å². The molecule has 0 saturated heterocycles. The molecule has 2 rings (SSSR count). The third-order valence-electron chi connectivity index (χ3n) is 2.02. The maximum Gasteiger partial charge on any atom is 0.133 e. The fourth-order valence-corrected chi connectivity index (χ4v) is 3.87. The van der Waals surface area contributed by atoms with Crippen LogP contribution in [0.4, 0.5) is 0 Å². The largest absolute Gasteiger partial charge is 0.323 e. The predicted molar refractivity (Wildman–Crippen MR) is 70.5 cm³/mol. The van der Waals surface area contributed by atoms with E-state index in [9.17, 15) is 0 Å². The van der Waals surface area contributed by atoms with Crippen molar-refractivity contribution < 1.29 is 0 Å². The molecule has 2 aromatic heterocycles. The molecule has 5 heteroatoms. The Morgan fingerprint density at radius 1 is 1.53 bits per heavy atom. The molecule has 2 heterocycles. The lowest BCUT2D eigenvalue weighted by molar-refractivity contribution is 0.825. The summed E-state index contributed by atoms with van der Waals surface area (Å²) in [6.45, 7) is 4.01. The van der Waals surface area contributed by atoms with Crippen LogP contribution in [-0.2, 0) is 0 Å². The molecule has 0 aliphatic carbocycles. The summed E-state index contributed by atoms with van der Waals surface area (Å²) in [4.78, 5) is 6.92. The molecule has 2 N–H and O–H groups in total. The summed E-state index contributed by atoms with van der Waals surface area (Å²) in [6.07, 6.45) is 0. The van der Waals surface area contributed by atoms with E-state index in [0.29, 0.717) is 0 Å². The van der Waals surface area contributed by atoms with E-state index in [2.05, 4.69) is 32.4 Å². The van der Waals surface area contributed by atoms with Crippen molar-refractivity contribution in [3.05, 3.63) is 26.5 Å². The van der Waals surface area contributed by atoms with E-state index in [0.717, 1.165) is 15.2 Å². The summed E-state index contributed by atoms with van der Waals surface area (Å²) in [6, 6.07) is 2.16. The van der Waals surface area contributed by atoms with Gasteiger partial charge in [-0.2, -0.15) is 0 Å². The predicted octanol–water partition coefficient (Wildman–Crippen LogP) is 3.96. The van der Waals surface area contributed by atoms with Crippen molar-refractivity contribution in [2.24, 2.45) is 5.73 Å². The van der Waals surface area contributed by atoms with Gasteiger partial charge >= 0.3 is 0 Å². The number of halogens is 1. The van der Waals surface area contributed by atoms with E-state index >= 15 is 0 Å². The molecule has 80 valence electrons. The van der Waals surface area contributed by atoms with Crippen LogP contribution in [0.25, 0.3) is 9.88 Å². The molecular formula is C10H11BrN2S2. The summed E-state index contributed by atoms with van der Waals surface area (Å²) >= 11 is 6.83. The average molecular weight is 303 g/mol. The number of aromatic nitrogens is 1. The first-order chi connectivity index (χ1) is 7.08. The Kier molecular flexibility index (Phi) is 3.25. The third kappa shape index (κ3) is 2.30. The van der Waals surface area contributed by atoms with Crippen LogP contribution in [0.5, 0.6) is 0 Å². The van der Waals surface area contributed by atoms with E-state index in [4.69, 9.17) is 5.73 Å². The highest BCUT2D eigenvalue weighted by atomic mass is 79.9. The standard InChI is InChI=1S/C10H11BrN2S2/c1-5(12)9-6(2)13-10(15-9)8-3-7(11)4-14-8/h3-5H,12H2,1-2H3. The van der Waals surface area contributed by atoms with Crippen molar-refractivity contribution in [2.45, 2.75) is 19.9 Å². The maximum absolute atomic E-state index is 5.88. The maximum atomic E-state index is 5.88. The second kappa shape index (κ2) is 4.33. The van der Waals surface area contributed by atoms with Crippen LogP contribution in [0.3, 0.4) is 0 Å². The van der Waals surface area contributed by atoms with E-state index in [1.54, 1.807) is 22.7 Å². The highest BCUT2D eigenvalue weighted by molar-refractivity contribution is 9.10. The highest BCUT2D eigenvalue weighted by Gasteiger charge is 2.13. The van der Waals surface area contributed by atoms with Crippen LogP contribution in [0.2, 0.25) is 0 Å². The summed E-state index contributed by atoms with van der Waals surface area (Å²) in [5, 5.41) is 3.13. The van der Waals surface area contributed by atoms with E-state index in [-0.39, 0.29) is 6.04 Å². The molecule has 0 amide bonds. The Balaban J connectivity index is 2.42. The van der Waals surface area contributed by atoms with Crippen molar-refractivity contribution in [1.82, 2.24) is 4.98 Å². The Labute approximate surface area is 105 Å². The summed E-state index contributed by atoms with van der Waals surface area (Å²) in [7, 11) is 0. The van der Waals surface area contributed by atoms with Gasteiger partial charge in [0.15, 0.2) is 0 Å². The molecule has 0 aromatic carbocycles. The van der Waals surface area contributed by atoms with Crippen LogP contribution in [0.1, 0.15) is 23.5 Å². The molecule has 15 heavy (non-hydrogen) atoms. The van der Waals surface area contributed by atoms with Gasteiger partial charge in [-0.3, -0.25) is 0 Å². The SMILES string of the molecule is Cc1nc(-c2cc(Br)cs2)sc1C(C)N. The lowest BCUT2D eigenvalue weighted by Crippen LogP contribution is -2.03. The molecule has 0 saturated carbocycles. The van der Waals surface area contributed by atoms with Gasteiger partial charge in [-0.25, -0.2) is 4.98 Å². The van der Waals surface area contributed by atoms with Crippen molar-refractivity contribution in [1.29, 1.82) is 0 Å². The number of hydrogen-bond donors (Lipinski definition) is 1. The fraction of sp³-hybridized carbons (Fsp3) is 0.300. The van der Waals surface area contributed by atoms with Crippen molar-refractivity contribution in [2.75, 3.05) is 0 Å². The first-order valence-electron chi connectivity index (χ1n) is 4.55. The molecule has 0 fully saturated rings.